The van der Waals surface area contributed by atoms with Gasteiger partial charge < -0.3 is 14.8 Å². The van der Waals surface area contributed by atoms with Crippen molar-refractivity contribution < 1.29 is 18.7 Å². The van der Waals surface area contributed by atoms with Gasteiger partial charge in [-0.3, -0.25) is 9.36 Å². The molecule has 0 saturated carbocycles. The minimum Gasteiger partial charge on any atom is -0.497 e. The van der Waals surface area contributed by atoms with E-state index in [4.69, 9.17) is 9.47 Å². The molecule has 2 aromatic carbocycles. The Morgan fingerprint density at radius 1 is 1.14 bits per heavy atom. The molecule has 0 aliphatic carbocycles. The fourth-order valence-corrected chi connectivity index (χ4v) is 2.84. The first-order valence-corrected chi connectivity index (χ1v) is 8.84. The van der Waals surface area contributed by atoms with E-state index in [1.165, 1.54) is 35.6 Å². The van der Waals surface area contributed by atoms with Crippen molar-refractivity contribution in [3.8, 4) is 22.9 Å². The fraction of sp³-hybridized carbons (Fsp3) is 0.250. The van der Waals surface area contributed by atoms with Crippen LogP contribution in [0.4, 0.5) is 4.39 Å². The van der Waals surface area contributed by atoms with Gasteiger partial charge in [0.25, 0.3) is 5.91 Å². The van der Waals surface area contributed by atoms with Crippen molar-refractivity contribution in [1.82, 2.24) is 19.7 Å². The monoisotopic (exact) mass is 400 g/mol. The highest BCUT2D eigenvalue weighted by Gasteiger charge is 2.15. The van der Waals surface area contributed by atoms with Crippen LogP contribution >= 0.6 is 0 Å². The van der Waals surface area contributed by atoms with Crippen molar-refractivity contribution in [2.45, 2.75) is 6.54 Å². The Hall–Kier alpha value is -3.62. The van der Waals surface area contributed by atoms with Gasteiger partial charge in [-0.1, -0.05) is 0 Å². The molecule has 3 rings (SSSR count). The molecule has 0 fully saturated rings. The maximum atomic E-state index is 13.1. The summed E-state index contributed by atoms with van der Waals surface area (Å²) in [4.78, 5) is 24.8. The van der Waals surface area contributed by atoms with Crippen LogP contribution in [0, 0.1) is 5.82 Å². The van der Waals surface area contributed by atoms with E-state index in [1.54, 1.807) is 37.4 Å². The lowest BCUT2D eigenvalue weighted by Crippen LogP contribution is -2.31. The van der Waals surface area contributed by atoms with Gasteiger partial charge in [0.15, 0.2) is 5.82 Å². The predicted molar refractivity (Wildman–Crippen MR) is 105 cm³/mol. The number of nitrogens with one attached hydrogen (secondary N) is 1. The average Bonchev–Trinajstić information content (AvgIpc) is 3.02. The van der Waals surface area contributed by atoms with E-state index in [9.17, 15) is 14.0 Å². The quantitative estimate of drug-likeness (QED) is 0.654. The Morgan fingerprint density at radius 2 is 1.86 bits per heavy atom. The SMILES string of the molecule is COc1ccc(C(=O)NCCn2nc(-c3ccc(F)cc3)n(C)c2=O)c(OC)c1. The van der Waals surface area contributed by atoms with E-state index in [-0.39, 0.29) is 30.5 Å². The third-order valence-electron chi connectivity index (χ3n) is 4.41. The lowest BCUT2D eigenvalue weighted by Gasteiger charge is -2.10. The van der Waals surface area contributed by atoms with Crippen LogP contribution in [0.2, 0.25) is 0 Å². The molecule has 8 nitrogen and oxygen atoms in total. The first kappa shape index (κ1) is 20.1. The van der Waals surface area contributed by atoms with Gasteiger partial charge in [0, 0.05) is 25.2 Å². The lowest BCUT2D eigenvalue weighted by atomic mass is 10.1. The maximum absolute atomic E-state index is 13.1. The second kappa shape index (κ2) is 8.59. The number of halogens is 1. The van der Waals surface area contributed by atoms with Crippen molar-refractivity contribution in [1.29, 1.82) is 0 Å². The number of benzene rings is 2. The zero-order chi connectivity index (χ0) is 21.0. The molecule has 3 aromatic rings. The van der Waals surface area contributed by atoms with Crippen molar-refractivity contribution >= 4 is 5.91 Å². The highest BCUT2D eigenvalue weighted by Crippen LogP contribution is 2.24. The Balaban J connectivity index is 1.69. The molecular formula is C20H21FN4O4. The fourth-order valence-electron chi connectivity index (χ4n) is 2.84. The van der Waals surface area contributed by atoms with E-state index in [2.05, 4.69) is 10.4 Å². The number of amides is 1. The van der Waals surface area contributed by atoms with Gasteiger partial charge >= 0.3 is 5.69 Å². The number of hydrogen-bond acceptors (Lipinski definition) is 5. The van der Waals surface area contributed by atoms with E-state index < -0.39 is 0 Å². The van der Waals surface area contributed by atoms with Gasteiger partial charge in [0.2, 0.25) is 0 Å². The summed E-state index contributed by atoms with van der Waals surface area (Å²) in [5, 5.41) is 7.03. The maximum Gasteiger partial charge on any atom is 0.345 e. The van der Waals surface area contributed by atoms with Crippen molar-refractivity contribution in [2.75, 3.05) is 20.8 Å². The summed E-state index contributed by atoms with van der Waals surface area (Å²) in [6, 6.07) is 10.6. The zero-order valence-electron chi connectivity index (χ0n) is 16.3. The number of carbonyl (C=O) groups excluding carboxylic acids is 1. The summed E-state index contributed by atoms with van der Waals surface area (Å²) in [6.45, 7) is 0.367. The Kier molecular flexibility index (Phi) is 5.96. The van der Waals surface area contributed by atoms with Crippen molar-refractivity contribution in [2.24, 2.45) is 7.05 Å². The molecule has 9 heteroatoms. The minimum atomic E-state index is -0.366. The molecule has 0 saturated heterocycles. The van der Waals surface area contributed by atoms with Gasteiger partial charge in [-0.2, -0.15) is 0 Å². The topological polar surface area (TPSA) is 87.4 Å². The summed E-state index contributed by atoms with van der Waals surface area (Å²) in [7, 11) is 4.58. The van der Waals surface area contributed by atoms with Crippen LogP contribution in [0.3, 0.4) is 0 Å². The molecule has 0 bridgehead atoms. The second-order valence-electron chi connectivity index (χ2n) is 6.22. The van der Waals surface area contributed by atoms with Gasteiger partial charge in [0.1, 0.15) is 17.3 Å². The van der Waals surface area contributed by atoms with Gasteiger partial charge in [-0.25, -0.2) is 13.9 Å². The van der Waals surface area contributed by atoms with Crippen LogP contribution in [0.1, 0.15) is 10.4 Å². The molecular weight excluding hydrogens is 379 g/mol. The smallest absolute Gasteiger partial charge is 0.345 e. The van der Waals surface area contributed by atoms with Gasteiger partial charge in [-0.15, -0.1) is 5.10 Å². The van der Waals surface area contributed by atoms with E-state index in [0.29, 0.717) is 28.5 Å². The molecule has 29 heavy (non-hydrogen) atoms. The largest absolute Gasteiger partial charge is 0.497 e. The molecule has 0 aliphatic heterocycles. The zero-order valence-corrected chi connectivity index (χ0v) is 16.3. The average molecular weight is 400 g/mol. The number of aromatic nitrogens is 3. The van der Waals surface area contributed by atoms with Gasteiger partial charge in [0.05, 0.1) is 26.3 Å². The first-order valence-electron chi connectivity index (χ1n) is 8.84. The number of ether oxygens (including phenoxy) is 2. The summed E-state index contributed by atoms with van der Waals surface area (Å²) in [5.41, 5.74) is 0.644. The number of methoxy groups -OCH3 is 2. The Bertz CT molecular complexity index is 1070. The second-order valence-corrected chi connectivity index (χ2v) is 6.22. The number of rotatable bonds is 7. The standard InChI is InChI=1S/C20H21FN4O4/c1-24-18(13-4-6-14(21)7-5-13)23-25(20(24)27)11-10-22-19(26)16-9-8-15(28-2)12-17(16)29-3/h4-9,12H,10-11H2,1-3H3,(H,22,26). The van der Waals surface area contributed by atoms with Crippen LogP contribution in [0.5, 0.6) is 11.5 Å². The van der Waals surface area contributed by atoms with Crippen molar-refractivity contribution in [3.63, 3.8) is 0 Å². The van der Waals surface area contributed by atoms with E-state index in [0.717, 1.165) is 0 Å². The lowest BCUT2D eigenvalue weighted by molar-refractivity contribution is 0.0948. The predicted octanol–water partition coefficient (Wildman–Crippen LogP) is 1.84. The summed E-state index contributed by atoms with van der Waals surface area (Å²) >= 11 is 0. The highest BCUT2D eigenvalue weighted by molar-refractivity contribution is 5.97. The molecule has 1 heterocycles. The number of nitrogens with zero attached hydrogens (tertiary/aromatic N) is 3. The molecule has 0 spiro atoms. The molecule has 1 N–H and O–H groups in total. The molecule has 0 aliphatic rings. The van der Waals surface area contributed by atoms with Crippen LogP contribution in [-0.4, -0.2) is 41.0 Å². The third-order valence-corrected chi connectivity index (χ3v) is 4.41. The highest BCUT2D eigenvalue weighted by atomic mass is 19.1. The minimum absolute atomic E-state index is 0.179. The molecule has 0 radical (unpaired) electrons. The van der Waals surface area contributed by atoms with Crippen LogP contribution in [0.25, 0.3) is 11.4 Å². The van der Waals surface area contributed by atoms with Crippen LogP contribution in [-0.2, 0) is 13.6 Å². The van der Waals surface area contributed by atoms with Crippen molar-refractivity contribution in [3.05, 3.63) is 64.3 Å². The first-order chi connectivity index (χ1) is 13.9. The Labute approximate surface area is 166 Å². The molecule has 152 valence electrons. The third kappa shape index (κ3) is 4.29. The van der Waals surface area contributed by atoms with E-state index in [1.807, 2.05) is 0 Å². The summed E-state index contributed by atoms with van der Waals surface area (Å²) in [6.07, 6.45) is 0. The van der Waals surface area contributed by atoms with Crippen LogP contribution in [0.15, 0.2) is 47.3 Å². The Morgan fingerprint density at radius 3 is 2.52 bits per heavy atom. The van der Waals surface area contributed by atoms with Gasteiger partial charge in [-0.05, 0) is 36.4 Å². The normalized spacial score (nSPS) is 10.6. The summed E-state index contributed by atoms with van der Waals surface area (Å²) < 4.78 is 26.1. The number of carbonyl (C=O) groups is 1. The summed E-state index contributed by atoms with van der Waals surface area (Å²) in [5.74, 6) is 0.669. The van der Waals surface area contributed by atoms with Crippen LogP contribution < -0.4 is 20.5 Å². The molecule has 0 unspecified atom stereocenters. The van der Waals surface area contributed by atoms with E-state index >= 15 is 0 Å². The molecule has 0 atom stereocenters. The molecule has 1 amide bonds. The molecule has 1 aromatic heterocycles. The number of hydrogen-bond donors (Lipinski definition) is 1.